The molecule has 2 aromatic rings. The van der Waals surface area contributed by atoms with Crippen LogP contribution in [0.25, 0.3) is 0 Å². The van der Waals surface area contributed by atoms with Gasteiger partial charge in [0.15, 0.2) is 0 Å². The summed E-state index contributed by atoms with van der Waals surface area (Å²) in [5.74, 6) is -0.191. The maximum absolute atomic E-state index is 12.8. The molecule has 0 fully saturated rings. The van der Waals surface area contributed by atoms with Gasteiger partial charge >= 0.3 is 0 Å². The van der Waals surface area contributed by atoms with Crippen LogP contribution < -0.4 is 5.32 Å². The molecule has 1 aromatic carbocycles. The fourth-order valence-electron chi connectivity index (χ4n) is 1.78. The average molecular weight is 264 g/mol. The molecule has 1 unspecified atom stereocenters. The quantitative estimate of drug-likeness (QED) is 0.894. The first kappa shape index (κ1) is 13.2. The number of thiazole rings is 1. The minimum absolute atomic E-state index is 0.191. The van der Waals surface area contributed by atoms with E-state index in [9.17, 15) is 4.39 Å². The Bertz CT molecular complexity index is 493. The molecule has 0 amide bonds. The third kappa shape index (κ3) is 3.62. The topological polar surface area (TPSA) is 24.9 Å². The Labute approximate surface area is 111 Å². The zero-order valence-electron chi connectivity index (χ0n) is 10.6. The lowest BCUT2D eigenvalue weighted by Crippen LogP contribution is -2.21. The number of halogens is 1. The average Bonchev–Trinajstić information content (AvgIpc) is 2.76. The summed E-state index contributed by atoms with van der Waals surface area (Å²) in [6, 6.07) is 6.86. The Balaban J connectivity index is 1.81. The molecule has 0 radical (unpaired) electrons. The predicted molar refractivity (Wildman–Crippen MR) is 73.4 cm³/mol. The summed E-state index contributed by atoms with van der Waals surface area (Å²) in [6.45, 7) is 4.97. The fraction of sp³-hybridized carbons (Fsp3) is 0.357. The van der Waals surface area contributed by atoms with Gasteiger partial charge in [0.05, 0.1) is 5.01 Å². The molecule has 0 bridgehead atoms. The molecule has 1 atom stereocenters. The van der Waals surface area contributed by atoms with Crippen molar-refractivity contribution in [1.29, 1.82) is 0 Å². The number of aryl methyl sites for hydroxylation is 1. The highest BCUT2D eigenvalue weighted by Crippen LogP contribution is 2.13. The Morgan fingerprint density at radius 3 is 2.67 bits per heavy atom. The van der Waals surface area contributed by atoms with Crippen molar-refractivity contribution in [3.63, 3.8) is 0 Å². The van der Waals surface area contributed by atoms with E-state index in [4.69, 9.17) is 0 Å². The van der Waals surface area contributed by atoms with Crippen LogP contribution in [-0.4, -0.2) is 11.5 Å². The number of benzene rings is 1. The second-order valence-corrected chi connectivity index (χ2v) is 5.30. The molecule has 4 heteroatoms. The summed E-state index contributed by atoms with van der Waals surface area (Å²) in [5, 5.41) is 6.65. The van der Waals surface area contributed by atoms with Gasteiger partial charge in [-0.05, 0) is 31.5 Å². The first-order valence-corrected chi connectivity index (χ1v) is 6.93. The molecule has 18 heavy (non-hydrogen) atoms. The first-order chi connectivity index (χ1) is 8.65. The van der Waals surface area contributed by atoms with E-state index in [0.29, 0.717) is 0 Å². The molecule has 1 N–H and O–H groups in total. The van der Waals surface area contributed by atoms with Crippen LogP contribution in [0.15, 0.2) is 29.6 Å². The first-order valence-electron chi connectivity index (χ1n) is 6.05. The zero-order valence-corrected chi connectivity index (χ0v) is 11.4. The highest BCUT2D eigenvalue weighted by Gasteiger charge is 2.05. The molecule has 0 aliphatic heterocycles. The van der Waals surface area contributed by atoms with E-state index in [0.717, 1.165) is 29.2 Å². The number of rotatable bonds is 5. The van der Waals surface area contributed by atoms with Crippen LogP contribution in [0.1, 0.15) is 29.2 Å². The van der Waals surface area contributed by atoms with Crippen molar-refractivity contribution >= 4 is 11.3 Å². The van der Waals surface area contributed by atoms with E-state index >= 15 is 0 Å². The molecule has 2 nitrogen and oxygen atoms in total. The summed E-state index contributed by atoms with van der Waals surface area (Å²) in [4.78, 5) is 4.42. The number of aromatic nitrogens is 1. The molecule has 0 saturated heterocycles. The molecular weight excluding hydrogens is 247 g/mol. The van der Waals surface area contributed by atoms with Gasteiger partial charge in [-0.3, -0.25) is 0 Å². The SMILES string of the molecule is Cc1csc(CCNC(C)c2ccc(F)cc2)n1. The number of hydrogen-bond acceptors (Lipinski definition) is 3. The Hall–Kier alpha value is -1.26. The molecule has 0 aliphatic rings. The summed E-state index contributed by atoms with van der Waals surface area (Å²) >= 11 is 1.70. The minimum Gasteiger partial charge on any atom is -0.310 e. The van der Waals surface area contributed by atoms with Gasteiger partial charge < -0.3 is 5.32 Å². The van der Waals surface area contributed by atoms with E-state index in [2.05, 4.69) is 22.6 Å². The number of nitrogens with zero attached hydrogens (tertiary/aromatic N) is 1. The van der Waals surface area contributed by atoms with E-state index in [1.54, 1.807) is 11.3 Å². The van der Waals surface area contributed by atoms with E-state index in [1.165, 1.54) is 12.1 Å². The van der Waals surface area contributed by atoms with Crippen LogP contribution in [0.2, 0.25) is 0 Å². The van der Waals surface area contributed by atoms with Gasteiger partial charge in [-0.2, -0.15) is 0 Å². The van der Waals surface area contributed by atoms with Gasteiger partial charge in [0.25, 0.3) is 0 Å². The van der Waals surface area contributed by atoms with Gasteiger partial charge in [0.2, 0.25) is 0 Å². The molecule has 2 rings (SSSR count). The minimum atomic E-state index is -0.191. The van der Waals surface area contributed by atoms with Crippen molar-refractivity contribution in [2.45, 2.75) is 26.3 Å². The van der Waals surface area contributed by atoms with Crippen molar-refractivity contribution in [2.75, 3.05) is 6.54 Å². The second kappa shape index (κ2) is 6.07. The lowest BCUT2D eigenvalue weighted by atomic mass is 10.1. The van der Waals surface area contributed by atoms with E-state index in [1.807, 2.05) is 19.1 Å². The zero-order chi connectivity index (χ0) is 13.0. The summed E-state index contributed by atoms with van der Waals surface area (Å²) in [6.07, 6.45) is 0.935. The predicted octanol–water partition coefficient (Wildman–Crippen LogP) is 3.48. The van der Waals surface area contributed by atoms with Gasteiger partial charge in [-0.25, -0.2) is 9.37 Å². The third-order valence-corrected chi connectivity index (χ3v) is 3.85. The molecular formula is C14H17FN2S. The standard InChI is InChI=1S/C14H17FN2S/c1-10-9-18-14(17-10)7-8-16-11(2)12-3-5-13(15)6-4-12/h3-6,9,11,16H,7-8H2,1-2H3. The third-order valence-electron chi connectivity index (χ3n) is 2.83. The summed E-state index contributed by atoms with van der Waals surface area (Å²) in [5.41, 5.74) is 2.19. The summed E-state index contributed by atoms with van der Waals surface area (Å²) < 4.78 is 12.8. The van der Waals surface area contributed by atoms with Gasteiger partial charge in [-0.15, -0.1) is 11.3 Å². The normalized spacial score (nSPS) is 12.6. The van der Waals surface area contributed by atoms with Crippen molar-refractivity contribution in [2.24, 2.45) is 0 Å². The van der Waals surface area contributed by atoms with Crippen LogP contribution in [0.3, 0.4) is 0 Å². The number of hydrogen-bond donors (Lipinski definition) is 1. The molecule has 0 saturated carbocycles. The Morgan fingerprint density at radius 1 is 1.33 bits per heavy atom. The lowest BCUT2D eigenvalue weighted by Gasteiger charge is -2.13. The van der Waals surface area contributed by atoms with Crippen LogP contribution in [0, 0.1) is 12.7 Å². The van der Waals surface area contributed by atoms with Crippen molar-refractivity contribution in [3.8, 4) is 0 Å². The largest absolute Gasteiger partial charge is 0.310 e. The lowest BCUT2D eigenvalue weighted by molar-refractivity contribution is 0.572. The van der Waals surface area contributed by atoms with Gasteiger partial charge in [-0.1, -0.05) is 12.1 Å². The highest BCUT2D eigenvalue weighted by atomic mass is 32.1. The maximum atomic E-state index is 12.8. The van der Waals surface area contributed by atoms with E-state index < -0.39 is 0 Å². The molecule has 1 aromatic heterocycles. The van der Waals surface area contributed by atoms with E-state index in [-0.39, 0.29) is 11.9 Å². The van der Waals surface area contributed by atoms with Crippen LogP contribution >= 0.6 is 11.3 Å². The fourth-order valence-corrected chi connectivity index (χ4v) is 2.56. The van der Waals surface area contributed by atoms with Crippen LogP contribution in [-0.2, 0) is 6.42 Å². The summed E-state index contributed by atoms with van der Waals surface area (Å²) in [7, 11) is 0. The monoisotopic (exact) mass is 264 g/mol. The van der Waals surface area contributed by atoms with Crippen molar-refractivity contribution < 1.29 is 4.39 Å². The molecule has 96 valence electrons. The van der Waals surface area contributed by atoms with Gasteiger partial charge in [0.1, 0.15) is 5.82 Å². The highest BCUT2D eigenvalue weighted by molar-refractivity contribution is 7.09. The smallest absolute Gasteiger partial charge is 0.123 e. The van der Waals surface area contributed by atoms with Crippen LogP contribution in [0.5, 0.6) is 0 Å². The van der Waals surface area contributed by atoms with Crippen molar-refractivity contribution in [3.05, 3.63) is 51.7 Å². The molecule has 0 spiro atoms. The second-order valence-electron chi connectivity index (χ2n) is 4.36. The van der Waals surface area contributed by atoms with Crippen LogP contribution in [0.4, 0.5) is 4.39 Å². The Morgan fingerprint density at radius 2 is 2.06 bits per heavy atom. The molecule has 1 heterocycles. The Kier molecular flexibility index (Phi) is 4.44. The van der Waals surface area contributed by atoms with Crippen molar-refractivity contribution in [1.82, 2.24) is 10.3 Å². The maximum Gasteiger partial charge on any atom is 0.123 e. The number of nitrogens with one attached hydrogen (secondary N) is 1. The molecule has 0 aliphatic carbocycles. The van der Waals surface area contributed by atoms with Gasteiger partial charge in [0, 0.05) is 30.1 Å².